The summed E-state index contributed by atoms with van der Waals surface area (Å²) in [6.07, 6.45) is 2.41. The van der Waals surface area contributed by atoms with Crippen LogP contribution in [-0.4, -0.2) is 30.1 Å². The summed E-state index contributed by atoms with van der Waals surface area (Å²) in [5, 5.41) is 14.6. The predicted octanol–water partition coefficient (Wildman–Crippen LogP) is 2.13. The lowest BCUT2D eigenvalue weighted by Gasteiger charge is -2.09. The summed E-state index contributed by atoms with van der Waals surface area (Å²) in [7, 11) is 1.88. The van der Waals surface area contributed by atoms with E-state index >= 15 is 0 Å². The molecular formula is C13H15N3O3. The average Bonchev–Trinajstić information content (AvgIpc) is 2.43. The van der Waals surface area contributed by atoms with Crippen molar-refractivity contribution in [3.63, 3.8) is 0 Å². The van der Waals surface area contributed by atoms with E-state index in [-0.39, 0.29) is 5.69 Å². The smallest absolute Gasteiger partial charge is 0.295 e. The van der Waals surface area contributed by atoms with Crippen molar-refractivity contribution in [2.45, 2.75) is 6.42 Å². The van der Waals surface area contributed by atoms with E-state index < -0.39 is 4.92 Å². The second-order valence-electron chi connectivity index (χ2n) is 4.05. The van der Waals surface area contributed by atoms with Gasteiger partial charge in [0.2, 0.25) is 0 Å². The summed E-state index contributed by atoms with van der Waals surface area (Å²) < 4.78 is 5.65. The van der Waals surface area contributed by atoms with Crippen LogP contribution < -0.4 is 10.1 Å². The molecule has 1 aromatic heterocycles. The molecule has 19 heavy (non-hydrogen) atoms. The number of nitrogens with one attached hydrogen (secondary N) is 1. The lowest BCUT2D eigenvalue weighted by Crippen LogP contribution is -2.11. The molecule has 2 rings (SSSR count). The van der Waals surface area contributed by atoms with Crippen molar-refractivity contribution < 1.29 is 9.66 Å². The molecule has 0 fully saturated rings. The van der Waals surface area contributed by atoms with Crippen LogP contribution in [0.3, 0.4) is 0 Å². The number of benzene rings is 1. The minimum atomic E-state index is -0.430. The summed E-state index contributed by atoms with van der Waals surface area (Å²) in [6.45, 7) is 1.42. The van der Waals surface area contributed by atoms with Gasteiger partial charge in [-0.2, -0.15) is 0 Å². The number of pyridine rings is 1. The Hall–Kier alpha value is -2.21. The molecular weight excluding hydrogens is 246 g/mol. The van der Waals surface area contributed by atoms with Crippen LogP contribution >= 0.6 is 0 Å². The quantitative estimate of drug-likeness (QED) is 0.489. The zero-order chi connectivity index (χ0) is 13.7. The molecule has 0 aliphatic heterocycles. The molecule has 2 aromatic rings. The number of ether oxygens (including phenoxy) is 1. The summed E-state index contributed by atoms with van der Waals surface area (Å²) in [5.41, 5.74) is 0.358. The highest BCUT2D eigenvalue weighted by molar-refractivity contribution is 5.91. The van der Waals surface area contributed by atoms with Crippen molar-refractivity contribution in [3.05, 3.63) is 40.6 Å². The van der Waals surface area contributed by atoms with Gasteiger partial charge in [-0.3, -0.25) is 10.1 Å². The van der Waals surface area contributed by atoms with Gasteiger partial charge in [-0.25, -0.2) is 4.98 Å². The van der Waals surface area contributed by atoms with Gasteiger partial charge >= 0.3 is 0 Å². The average molecular weight is 261 g/mol. The van der Waals surface area contributed by atoms with Gasteiger partial charge in [0.25, 0.3) is 5.69 Å². The SMILES string of the molecule is CNCCCOc1ccc([N+](=O)[O-])c2ncccc12. The van der Waals surface area contributed by atoms with Gasteiger partial charge in [0.15, 0.2) is 5.52 Å². The van der Waals surface area contributed by atoms with E-state index in [1.165, 1.54) is 6.07 Å². The molecule has 0 atom stereocenters. The van der Waals surface area contributed by atoms with E-state index in [1.807, 2.05) is 7.05 Å². The first kappa shape index (κ1) is 13.2. The predicted molar refractivity (Wildman–Crippen MR) is 72.4 cm³/mol. The molecule has 0 amide bonds. The van der Waals surface area contributed by atoms with Crippen molar-refractivity contribution >= 4 is 16.6 Å². The molecule has 6 heteroatoms. The second kappa shape index (κ2) is 6.10. The highest BCUT2D eigenvalue weighted by atomic mass is 16.6. The molecule has 0 spiro atoms. The first-order valence-corrected chi connectivity index (χ1v) is 6.03. The number of non-ortho nitro benzene ring substituents is 1. The molecule has 1 aromatic carbocycles. The lowest BCUT2D eigenvalue weighted by atomic mass is 10.1. The van der Waals surface area contributed by atoms with Crippen molar-refractivity contribution in [3.8, 4) is 5.75 Å². The Kier molecular flexibility index (Phi) is 4.25. The monoisotopic (exact) mass is 261 g/mol. The molecule has 0 saturated heterocycles. The number of nitro groups is 1. The van der Waals surface area contributed by atoms with Crippen LogP contribution in [0.15, 0.2) is 30.5 Å². The number of fused-ring (bicyclic) bond motifs is 1. The fraction of sp³-hybridized carbons (Fsp3) is 0.308. The zero-order valence-electron chi connectivity index (χ0n) is 10.6. The second-order valence-corrected chi connectivity index (χ2v) is 4.05. The van der Waals surface area contributed by atoms with E-state index in [4.69, 9.17) is 4.74 Å². The van der Waals surface area contributed by atoms with Crippen LogP contribution in [0.4, 0.5) is 5.69 Å². The van der Waals surface area contributed by atoms with Crippen molar-refractivity contribution in [2.24, 2.45) is 0 Å². The minimum absolute atomic E-state index is 0.00169. The van der Waals surface area contributed by atoms with E-state index in [2.05, 4.69) is 10.3 Å². The fourth-order valence-electron chi connectivity index (χ4n) is 1.84. The maximum absolute atomic E-state index is 10.9. The van der Waals surface area contributed by atoms with Crippen molar-refractivity contribution in [1.29, 1.82) is 0 Å². The van der Waals surface area contributed by atoms with Gasteiger partial charge in [-0.15, -0.1) is 0 Å². The van der Waals surface area contributed by atoms with Gasteiger partial charge in [-0.05, 0) is 38.2 Å². The number of hydrogen-bond donors (Lipinski definition) is 1. The number of nitrogens with zero attached hydrogens (tertiary/aromatic N) is 2. The van der Waals surface area contributed by atoms with Gasteiger partial charge in [0, 0.05) is 17.6 Å². The summed E-state index contributed by atoms with van der Waals surface area (Å²) in [6, 6.07) is 6.58. The van der Waals surface area contributed by atoms with Crippen LogP contribution in [0.2, 0.25) is 0 Å². The van der Waals surface area contributed by atoms with Crippen LogP contribution in [0, 0.1) is 10.1 Å². The Morgan fingerprint density at radius 1 is 1.42 bits per heavy atom. The standard InChI is InChI=1S/C13H15N3O3/c1-14-7-3-9-19-12-6-5-11(16(17)18)13-10(12)4-2-8-15-13/h2,4-6,8,14H,3,7,9H2,1H3. The molecule has 0 bridgehead atoms. The summed E-state index contributed by atoms with van der Waals surface area (Å²) in [4.78, 5) is 14.6. The third kappa shape index (κ3) is 2.97. The zero-order valence-corrected chi connectivity index (χ0v) is 10.6. The first-order chi connectivity index (χ1) is 9.24. The van der Waals surface area contributed by atoms with Gasteiger partial charge in [0.1, 0.15) is 5.75 Å². The van der Waals surface area contributed by atoms with Crippen LogP contribution in [0.5, 0.6) is 5.75 Å². The number of rotatable bonds is 6. The summed E-state index contributed by atoms with van der Waals surface area (Å²) >= 11 is 0. The molecule has 0 unspecified atom stereocenters. The molecule has 0 aliphatic rings. The largest absolute Gasteiger partial charge is 0.493 e. The first-order valence-electron chi connectivity index (χ1n) is 6.03. The molecule has 6 nitrogen and oxygen atoms in total. The van der Waals surface area contributed by atoms with Crippen molar-refractivity contribution in [1.82, 2.24) is 10.3 Å². The third-order valence-corrected chi connectivity index (χ3v) is 2.73. The number of aromatic nitrogens is 1. The molecule has 100 valence electrons. The molecule has 0 radical (unpaired) electrons. The minimum Gasteiger partial charge on any atom is -0.493 e. The van der Waals surface area contributed by atoms with E-state index in [0.29, 0.717) is 23.3 Å². The van der Waals surface area contributed by atoms with Crippen LogP contribution in [0.25, 0.3) is 10.9 Å². The Morgan fingerprint density at radius 2 is 2.26 bits per heavy atom. The van der Waals surface area contributed by atoms with Crippen molar-refractivity contribution in [2.75, 3.05) is 20.2 Å². The number of nitro benzene ring substituents is 1. The molecule has 0 aliphatic carbocycles. The van der Waals surface area contributed by atoms with Gasteiger partial charge in [0.05, 0.1) is 11.5 Å². The Balaban J connectivity index is 2.30. The Labute approximate surface area is 110 Å². The highest BCUT2D eigenvalue weighted by Crippen LogP contribution is 2.31. The Bertz CT molecular complexity index is 586. The lowest BCUT2D eigenvalue weighted by molar-refractivity contribution is -0.383. The molecule has 1 N–H and O–H groups in total. The van der Waals surface area contributed by atoms with Crippen LogP contribution in [0.1, 0.15) is 6.42 Å². The van der Waals surface area contributed by atoms with Crippen LogP contribution in [-0.2, 0) is 0 Å². The van der Waals surface area contributed by atoms with E-state index in [9.17, 15) is 10.1 Å². The van der Waals surface area contributed by atoms with E-state index in [1.54, 1.807) is 24.4 Å². The normalized spacial score (nSPS) is 10.6. The van der Waals surface area contributed by atoms with E-state index in [0.717, 1.165) is 13.0 Å². The maximum Gasteiger partial charge on any atom is 0.295 e. The maximum atomic E-state index is 10.9. The molecule has 1 heterocycles. The van der Waals surface area contributed by atoms with Gasteiger partial charge in [-0.1, -0.05) is 0 Å². The third-order valence-electron chi connectivity index (χ3n) is 2.73. The number of hydrogen-bond acceptors (Lipinski definition) is 5. The fourth-order valence-corrected chi connectivity index (χ4v) is 1.84. The topological polar surface area (TPSA) is 77.3 Å². The highest BCUT2D eigenvalue weighted by Gasteiger charge is 2.15. The van der Waals surface area contributed by atoms with Gasteiger partial charge < -0.3 is 10.1 Å². The Morgan fingerprint density at radius 3 is 3.00 bits per heavy atom. The molecule has 0 saturated carbocycles. The summed E-state index contributed by atoms with van der Waals surface area (Å²) in [5.74, 6) is 0.629.